The van der Waals surface area contributed by atoms with Gasteiger partial charge in [0, 0.05) is 26.2 Å². The van der Waals surface area contributed by atoms with E-state index >= 15 is 0 Å². The molecule has 2 aliphatic rings. The summed E-state index contributed by atoms with van der Waals surface area (Å²) < 4.78 is 38.9. The molecule has 0 unspecified atom stereocenters. The zero-order valence-corrected chi connectivity index (χ0v) is 21.6. The SMILES string of the molecule is O=C(Cc1cccc(C(F)(F)F)c1)N1CCN(CCCCC2(C(=O)O)c3ccccc3-c3ccccc32)CC1. The first-order chi connectivity index (χ1) is 18.7. The second-order valence-corrected chi connectivity index (χ2v) is 10.4. The highest BCUT2D eigenvalue weighted by atomic mass is 19.4. The molecule has 1 fully saturated rings. The van der Waals surface area contributed by atoms with E-state index in [1.54, 1.807) is 11.0 Å². The van der Waals surface area contributed by atoms with Gasteiger partial charge in [0.05, 0.1) is 12.0 Å². The smallest absolute Gasteiger partial charge is 0.416 e. The fourth-order valence-corrected chi connectivity index (χ4v) is 6.02. The minimum Gasteiger partial charge on any atom is -0.480 e. The number of carboxylic acid groups (broad SMARTS) is 1. The van der Waals surface area contributed by atoms with Crippen molar-refractivity contribution in [3.05, 3.63) is 95.1 Å². The van der Waals surface area contributed by atoms with Crippen LogP contribution >= 0.6 is 0 Å². The number of amides is 1. The number of alkyl halides is 3. The molecule has 1 N–H and O–H groups in total. The van der Waals surface area contributed by atoms with Crippen molar-refractivity contribution in [3.8, 4) is 11.1 Å². The molecule has 3 aromatic rings. The van der Waals surface area contributed by atoms with Crippen molar-refractivity contribution in [2.24, 2.45) is 0 Å². The van der Waals surface area contributed by atoms with Crippen LogP contribution in [0.15, 0.2) is 72.8 Å². The lowest BCUT2D eigenvalue weighted by molar-refractivity contribution is -0.142. The molecule has 39 heavy (non-hydrogen) atoms. The average molecular weight is 537 g/mol. The van der Waals surface area contributed by atoms with Crippen LogP contribution < -0.4 is 0 Å². The van der Waals surface area contributed by atoms with E-state index in [4.69, 9.17) is 0 Å². The highest BCUT2D eigenvalue weighted by molar-refractivity contribution is 5.97. The van der Waals surface area contributed by atoms with E-state index in [1.165, 1.54) is 6.07 Å². The van der Waals surface area contributed by atoms with E-state index in [1.807, 2.05) is 48.5 Å². The number of hydrogen-bond acceptors (Lipinski definition) is 3. The third kappa shape index (κ3) is 5.30. The first-order valence-electron chi connectivity index (χ1n) is 13.3. The second kappa shape index (κ2) is 10.8. The molecule has 1 saturated heterocycles. The summed E-state index contributed by atoms with van der Waals surface area (Å²) in [5.74, 6) is -0.997. The molecule has 0 saturated carbocycles. The molecule has 0 bridgehead atoms. The van der Waals surface area contributed by atoms with Gasteiger partial charge in [0.2, 0.25) is 5.91 Å². The molecule has 0 spiro atoms. The van der Waals surface area contributed by atoms with Crippen molar-refractivity contribution < 1.29 is 27.9 Å². The predicted molar refractivity (Wildman–Crippen MR) is 142 cm³/mol. The monoisotopic (exact) mass is 536 g/mol. The lowest BCUT2D eigenvalue weighted by Gasteiger charge is -2.35. The summed E-state index contributed by atoms with van der Waals surface area (Å²) in [5, 5.41) is 10.4. The summed E-state index contributed by atoms with van der Waals surface area (Å²) in [6.45, 7) is 3.22. The normalized spacial score (nSPS) is 16.5. The van der Waals surface area contributed by atoms with Gasteiger partial charge in [-0.15, -0.1) is 0 Å². The minimum atomic E-state index is -4.43. The van der Waals surface area contributed by atoms with Crippen LogP contribution in [0.1, 0.15) is 41.5 Å². The van der Waals surface area contributed by atoms with Gasteiger partial charge in [-0.2, -0.15) is 13.2 Å². The third-order valence-corrected chi connectivity index (χ3v) is 8.04. The fourth-order valence-electron chi connectivity index (χ4n) is 6.02. The largest absolute Gasteiger partial charge is 0.480 e. The van der Waals surface area contributed by atoms with Crippen molar-refractivity contribution >= 4 is 11.9 Å². The van der Waals surface area contributed by atoms with Gasteiger partial charge >= 0.3 is 12.1 Å². The number of carbonyl (C=O) groups excluding carboxylic acids is 1. The molecule has 0 atom stereocenters. The number of benzene rings is 3. The molecule has 8 heteroatoms. The molecular weight excluding hydrogens is 505 g/mol. The highest BCUT2D eigenvalue weighted by Crippen LogP contribution is 2.51. The first kappa shape index (κ1) is 26.9. The number of fused-ring (bicyclic) bond motifs is 3. The van der Waals surface area contributed by atoms with Gasteiger partial charge in [-0.3, -0.25) is 14.5 Å². The summed E-state index contributed by atoms with van der Waals surface area (Å²) in [7, 11) is 0. The quantitative estimate of drug-likeness (QED) is 0.380. The molecule has 5 nitrogen and oxygen atoms in total. The zero-order valence-electron chi connectivity index (χ0n) is 21.6. The Labute approximate surface area is 225 Å². The number of unbranched alkanes of at least 4 members (excludes halogenated alkanes) is 1. The number of halogens is 3. The second-order valence-electron chi connectivity index (χ2n) is 10.4. The molecular formula is C31H31F3N2O3. The molecule has 0 radical (unpaired) electrons. The predicted octanol–water partition coefficient (Wildman–Crippen LogP) is 5.61. The molecule has 1 aliphatic heterocycles. The lowest BCUT2D eigenvalue weighted by Crippen LogP contribution is -2.49. The van der Waals surface area contributed by atoms with E-state index in [0.29, 0.717) is 38.2 Å². The van der Waals surface area contributed by atoms with Crippen LogP contribution in [0.4, 0.5) is 13.2 Å². The van der Waals surface area contributed by atoms with Gasteiger partial charge in [-0.05, 0) is 53.3 Å². The van der Waals surface area contributed by atoms with E-state index in [-0.39, 0.29) is 12.3 Å². The summed E-state index contributed by atoms with van der Waals surface area (Å²) in [4.78, 5) is 29.4. The molecule has 5 rings (SSSR count). The first-order valence-corrected chi connectivity index (χ1v) is 13.3. The van der Waals surface area contributed by atoms with Gasteiger partial charge in [0.1, 0.15) is 5.41 Å². The Morgan fingerprint density at radius 1 is 0.821 bits per heavy atom. The van der Waals surface area contributed by atoms with Crippen LogP contribution in [0.3, 0.4) is 0 Å². The topological polar surface area (TPSA) is 60.9 Å². The number of carbonyl (C=O) groups is 2. The van der Waals surface area contributed by atoms with Crippen LogP contribution in [0, 0.1) is 0 Å². The van der Waals surface area contributed by atoms with Crippen molar-refractivity contribution in [3.63, 3.8) is 0 Å². The average Bonchev–Trinajstić information content (AvgIpc) is 3.22. The minimum absolute atomic E-state index is 0.0514. The Balaban J connectivity index is 1.14. The molecule has 0 aromatic heterocycles. The number of hydrogen-bond donors (Lipinski definition) is 1. The van der Waals surface area contributed by atoms with Crippen LogP contribution in [-0.4, -0.2) is 59.5 Å². The molecule has 204 valence electrons. The number of nitrogens with zero attached hydrogens (tertiary/aromatic N) is 2. The summed E-state index contributed by atoms with van der Waals surface area (Å²) in [5.41, 5.74) is 2.24. The van der Waals surface area contributed by atoms with Gasteiger partial charge in [-0.1, -0.05) is 73.2 Å². The van der Waals surface area contributed by atoms with E-state index in [0.717, 1.165) is 53.8 Å². The van der Waals surface area contributed by atoms with Gasteiger partial charge in [0.25, 0.3) is 0 Å². The Morgan fingerprint density at radius 2 is 1.44 bits per heavy atom. The van der Waals surface area contributed by atoms with Crippen molar-refractivity contribution in [1.29, 1.82) is 0 Å². The summed E-state index contributed by atoms with van der Waals surface area (Å²) >= 11 is 0. The van der Waals surface area contributed by atoms with Crippen LogP contribution in [-0.2, 0) is 27.6 Å². The zero-order chi connectivity index (χ0) is 27.6. The Kier molecular flexibility index (Phi) is 7.49. The number of aliphatic carboxylic acids is 1. The maximum Gasteiger partial charge on any atom is 0.416 e. The van der Waals surface area contributed by atoms with Gasteiger partial charge in [0.15, 0.2) is 0 Å². The van der Waals surface area contributed by atoms with Crippen LogP contribution in [0.25, 0.3) is 11.1 Å². The maximum atomic E-state index is 13.0. The third-order valence-electron chi connectivity index (χ3n) is 8.04. The van der Waals surface area contributed by atoms with Crippen LogP contribution in [0.5, 0.6) is 0 Å². The van der Waals surface area contributed by atoms with Crippen LogP contribution in [0.2, 0.25) is 0 Å². The molecule has 3 aromatic carbocycles. The Bertz CT molecular complexity index is 1320. The molecule has 1 aliphatic carbocycles. The Morgan fingerprint density at radius 3 is 2.03 bits per heavy atom. The van der Waals surface area contributed by atoms with E-state index in [2.05, 4.69) is 4.90 Å². The summed E-state index contributed by atoms with van der Waals surface area (Å²) in [6, 6.07) is 20.5. The van der Waals surface area contributed by atoms with E-state index < -0.39 is 23.1 Å². The standard InChI is InChI=1S/C31H31F3N2O3/c32-31(33,34)23-9-7-8-22(20-23)21-28(37)36-18-16-35(17-19-36)15-6-5-14-30(29(38)39)26-12-3-1-10-24(26)25-11-2-4-13-27(25)30/h1-4,7-13,20H,5-6,14-19,21H2,(H,38,39). The molecule has 1 amide bonds. The highest BCUT2D eigenvalue weighted by Gasteiger charge is 2.48. The molecule has 1 heterocycles. The van der Waals surface area contributed by atoms with Crippen molar-refractivity contribution in [2.45, 2.75) is 37.3 Å². The number of rotatable bonds is 8. The number of piperazine rings is 1. The van der Waals surface area contributed by atoms with Crippen molar-refractivity contribution in [1.82, 2.24) is 9.80 Å². The maximum absolute atomic E-state index is 13.0. The van der Waals surface area contributed by atoms with Crippen molar-refractivity contribution in [2.75, 3.05) is 32.7 Å². The van der Waals surface area contributed by atoms with Gasteiger partial charge in [-0.25, -0.2) is 0 Å². The number of carboxylic acids is 1. The Hall–Kier alpha value is -3.65. The van der Waals surface area contributed by atoms with Gasteiger partial charge < -0.3 is 10.0 Å². The summed E-state index contributed by atoms with van der Waals surface area (Å²) in [6.07, 6.45) is -2.41. The lowest BCUT2D eigenvalue weighted by atomic mass is 9.74. The van der Waals surface area contributed by atoms with E-state index in [9.17, 15) is 27.9 Å². The fraction of sp³-hybridized carbons (Fsp3) is 0.355.